The summed E-state index contributed by atoms with van der Waals surface area (Å²) >= 11 is 0. The highest BCUT2D eigenvalue weighted by molar-refractivity contribution is 6.09. The van der Waals surface area contributed by atoms with Gasteiger partial charge in [-0.15, -0.1) is 0 Å². The second-order valence-corrected chi connectivity index (χ2v) is 14.0. The Morgan fingerprint density at radius 1 is 0.309 bits per heavy atom. The Morgan fingerprint density at radius 2 is 0.855 bits per heavy atom. The molecule has 0 spiro atoms. The minimum atomic E-state index is 0.556. The van der Waals surface area contributed by atoms with Gasteiger partial charge in [-0.25, -0.2) is 15.0 Å². The summed E-state index contributed by atoms with van der Waals surface area (Å²) in [5.74, 6) is 1.75. The van der Waals surface area contributed by atoms with Crippen LogP contribution in [0.1, 0.15) is 0 Å². The lowest BCUT2D eigenvalue weighted by Crippen LogP contribution is -2.02. The number of para-hydroxylation sites is 2. The van der Waals surface area contributed by atoms with Crippen molar-refractivity contribution in [2.75, 3.05) is 0 Å². The lowest BCUT2D eigenvalue weighted by Gasteiger charge is -2.15. The summed E-state index contributed by atoms with van der Waals surface area (Å²) in [6, 6.07) is 65.9. The lowest BCUT2D eigenvalue weighted by molar-refractivity contribution is 0.669. The fourth-order valence-corrected chi connectivity index (χ4v) is 7.95. The van der Waals surface area contributed by atoms with Gasteiger partial charge in [-0.05, 0) is 78.8 Å². The van der Waals surface area contributed by atoms with E-state index >= 15 is 0 Å². The first-order valence-corrected chi connectivity index (χ1v) is 18.5. The third-order valence-electron chi connectivity index (χ3n) is 10.7. The predicted molar refractivity (Wildman–Crippen MR) is 227 cm³/mol. The van der Waals surface area contributed by atoms with Crippen LogP contribution in [0, 0.1) is 0 Å². The van der Waals surface area contributed by atoms with Gasteiger partial charge in [0.15, 0.2) is 17.5 Å². The highest BCUT2D eigenvalue weighted by Crippen LogP contribution is 2.40. The SMILES string of the molecule is c1ccc2cc(-c3ccc(-c4nc(-c5c(-c6ccc7ccccc7c6)ccc6ccccc56)nc(-c5cccc6c5oc5ccccc56)n4)cc3)ccc2c1. The van der Waals surface area contributed by atoms with Crippen molar-refractivity contribution in [3.8, 4) is 56.4 Å². The number of hydrogen-bond acceptors (Lipinski definition) is 4. The number of rotatable bonds is 5. The Kier molecular flexibility index (Phi) is 7.14. The molecule has 0 aliphatic rings. The number of aromatic nitrogens is 3. The van der Waals surface area contributed by atoms with Gasteiger partial charge in [-0.1, -0.05) is 164 Å². The first kappa shape index (κ1) is 31.1. The van der Waals surface area contributed by atoms with Gasteiger partial charge in [0.25, 0.3) is 0 Å². The van der Waals surface area contributed by atoms with Gasteiger partial charge in [0.1, 0.15) is 11.2 Å². The Morgan fingerprint density at radius 3 is 1.64 bits per heavy atom. The standard InChI is InChI=1S/C51H31N3O/c1-3-13-37-30-39(26-22-32(37)10-1)34-20-24-36(25-21-34)49-52-50(45-18-9-17-44-43-16-7-8-19-46(43)55-48(44)45)54-51(53-49)47-41-15-6-5-12-35(41)28-29-42(47)40-27-23-33-11-2-4-14-38(33)31-40/h1-31H. The number of nitrogens with zero attached hydrogens (tertiary/aromatic N) is 3. The fraction of sp³-hybridized carbons (Fsp3) is 0. The molecule has 0 unspecified atom stereocenters. The van der Waals surface area contributed by atoms with Crippen LogP contribution in [-0.2, 0) is 0 Å². The van der Waals surface area contributed by atoms with Crippen LogP contribution in [0.5, 0.6) is 0 Å². The summed E-state index contributed by atoms with van der Waals surface area (Å²) < 4.78 is 6.53. The third-order valence-corrected chi connectivity index (χ3v) is 10.7. The molecule has 0 saturated heterocycles. The van der Waals surface area contributed by atoms with Crippen molar-refractivity contribution in [1.82, 2.24) is 15.0 Å². The molecule has 0 saturated carbocycles. The van der Waals surface area contributed by atoms with Crippen molar-refractivity contribution in [2.45, 2.75) is 0 Å². The minimum absolute atomic E-state index is 0.556. The molecule has 0 aliphatic carbocycles. The van der Waals surface area contributed by atoms with E-state index in [4.69, 9.17) is 19.4 Å². The number of benzene rings is 9. The highest BCUT2D eigenvalue weighted by Gasteiger charge is 2.21. The molecule has 4 nitrogen and oxygen atoms in total. The van der Waals surface area contributed by atoms with Crippen LogP contribution in [0.2, 0.25) is 0 Å². The van der Waals surface area contributed by atoms with E-state index in [1.807, 2.05) is 24.3 Å². The van der Waals surface area contributed by atoms with E-state index in [-0.39, 0.29) is 0 Å². The van der Waals surface area contributed by atoms with Crippen molar-refractivity contribution in [2.24, 2.45) is 0 Å². The first-order chi connectivity index (χ1) is 27.2. The maximum atomic E-state index is 6.53. The second kappa shape index (κ2) is 12.6. The molecule has 0 aliphatic heterocycles. The van der Waals surface area contributed by atoms with Crippen molar-refractivity contribution in [3.63, 3.8) is 0 Å². The second-order valence-electron chi connectivity index (χ2n) is 14.0. The summed E-state index contributed by atoms with van der Waals surface area (Å²) in [6.07, 6.45) is 0. The fourth-order valence-electron chi connectivity index (χ4n) is 7.95. The molecule has 0 N–H and O–H groups in total. The molecule has 9 aromatic carbocycles. The molecule has 0 atom stereocenters. The molecular formula is C51H31N3O. The van der Waals surface area contributed by atoms with Crippen molar-refractivity contribution in [3.05, 3.63) is 188 Å². The zero-order chi connectivity index (χ0) is 36.3. The van der Waals surface area contributed by atoms with Gasteiger partial charge >= 0.3 is 0 Å². The maximum Gasteiger partial charge on any atom is 0.167 e. The largest absolute Gasteiger partial charge is 0.455 e. The molecule has 0 radical (unpaired) electrons. The average molecular weight is 702 g/mol. The van der Waals surface area contributed by atoms with E-state index < -0.39 is 0 Å². The van der Waals surface area contributed by atoms with E-state index in [2.05, 4.69) is 164 Å². The molecule has 0 amide bonds. The maximum absolute atomic E-state index is 6.53. The summed E-state index contributed by atoms with van der Waals surface area (Å²) in [5, 5.41) is 9.10. The van der Waals surface area contributed by atoms with Crippen LogP contribution < -0.4 is 0 Å². The van der Waals surface area contributed by atoms with E-state index in [9.17, 15) is 0 Å². The van der Waals surface area contributed by atoms with Crippen LogP contribution in [0.4, 0.5) is 0 Å². The molecule has 4 heteroatoms. The van der Waals surface area contributed by atoms with Crippen molar-refractivity contribution in [1.29, 1.82) is 0 Å². The monoisotopic (exact) mass is 701 g/mol. The van der Waals surface area contributed by atoms with E-state index in [0.717, 1.165) is 71.7 Å². The van der Waals surface area contributed by atoms with Crippen LogP contribution >= 0.6 is 0 Å². The van der Waals surface area contributed by atoms with Crippen LogP contribution in [0.25, 0.3) is 111 Å². The van der Waals surface area contributed by atoms with Crippen LogP contribution in [0.15, 0.2) is 192 Å². The lowest BCUT2D eigenvalue weighted by atomic mass is 9.92. The summed E-state index contributed by atoms with van der Waals surface area (Å²) in [7, 11) is 0. The Labute approximate surface area is 317 Å². The van der Waals surface area contributed by atoms with Crippen molar-refractivity contribution >= 4 is 54.3 Å². The third kappa shape index (κ3) is 5.34. The van der Waals surface area contributed by atoms with Crippen LogP contribution in [-0.4, -0.2) is 15.0 Å². The van der Waals surface area contributed by atoms with E-state index in [1.54, 1.807) is 0 Å². The van der Waals surface area contributed by atoms with Gasteiger partial charge < -0.3 is 4.42 Å². The topological polar surface area (TPSA) is 51.8 Å². The predicted octanol–water partition coefficient (Wildman–Crippen LogP) is 13.6. The molecular weight excluding hydrogens is 671 g/mol. The van der Waals surface area contributed by atoms with Gasteiger partial charge in [-0.2, -0.15) is 0 Å². The average Bonchev–Trinajstić information content (AvgIpc) is 3.64. The molecule has 2 aromatic heterocycles. The van der Waals surface area contributed by atoms with Gasteiger partial charge in [0.05, 0.1) is 5.56 Å². The molecule has 55 heavy (non-hydrogen) atoms. The number of furan rings is 1. The zero-order valence-corrected chi connectivity index (χ0v) is 29.6. The van der Waals surface area contributed by atoms with Gasteiger partial charge in [0, 0.05) is 21.9 Å². The highest BCUT2D eigenvalue weighted by atomic mass is 16.3. The minimum Gasteiger partial charge on any atom is -0.455 e. The van der Waals surface area contributed by atoms with Crippen molar-refractivity contribution < 1.29 is 4.42 Å². The molecule has 256 valence electrons. The Balaban J connectivity index is 1.14. The zero-order valence-electron chi connectivity index (χ0n) is 29.6. The first-order valence-electron chi connectivity index (χ1n) is 18.5. The summed E-state index contributed by atoms with van der Waals surface area (Å²) in [4.78, 5) is 15.8. The van der Waals surface area contributed by atoms with Gasteiger partial charge in [0.2, 0.25) is 0 Å². The molecule has 11 aromatic rings. The molecule has 11 rings (SSSR count). The quantitative estimate of drug-likeness (QED) is 0.179. The Hall–Kier alpha value is -7.43. The number of hydrogen-bond donors (Lipinski definition) is 0. The summed E-state index contributed by atoms with van der Waals surface area (Å²) in [5.41, 5.74) is 8.71. The summed E-state index contributed by atoms with van der Waals surface area (Å²) in [6.45, 7) is 0. The normalized spacial score (nSPS) is 11.6. The number of fused-ring (bicyclic) bond motifs is 6. The molecule has 0 fully saturated rings. The van der Waals surface area contributed by atoms with Gasteiger partial charge in [-0.3, -0.25) is 0 Å². The Bertz CT molecular complexity index is 3270. The van der Waals surface area contributed by atoms with E-state index in [1.165, 1.54) is 21.5 Å². The van der Waals surface area contributed by atoms with E-state index in [0.29, 0.717) is 17.5 Å². The van der Waals surface area contributed by atoms with Crippen LogP contribution in [0.3, 0.4) is 0 Å². The molecule has 0 bridgehead atoms. The molecule has 2 heterocycles. The smallest absolute Gasteiger partial charge is 0.167 e.